The molecule has 5 rings (SSSR count). The van der Waals surface area contributed by atoms with Crippen molar-refractivity contribution in [3.05, 3.63) is 47.7 Å². The molecule has 0 bridgehead atoms. The van der Waals surface area contributed by atoms with Gasteiger partial charge in [0.25, 0.3) is 12.3 Å². The van der Waals surface area contributed by atoms with Crippen molar-refractivity contribution in [1.29, 1.82) is 0 Å². The smallest absolute Gasteiger partial charge is 0.284 e. The Morgan fingerprint density at radius 1 is 1.23 bits per heavy atom. The van der Waals surface area contributed by atoms with Crippen LogP contribution >= 0.6 is 0 Å². The number of fused-ring (bicyclic) bond motifs is 1. The maximum Gasteiger partial charge on any atom is 0.284 e. The molecule has 1 saturated carbocycles. The van der Waals surface area contributed by atoms with Crippen LogP contribution in [0.2, 0.25) is 0 Å². The Morgan fingerprint density at radius 3 is 2.71 bits per heavy atom. The van der Waals surface area contributed by atoms with Gasteiger partial charge in [-0.3, -0.25) is 9.48 Å². The molecule has 1 N–H and O–H groups in total. The number of anilines is 1. The Balaban J connectivity index is 1.38. The van der Waals surface area contributed by atoms with Gasteiger partial charge in [0, 0.05) is 12.4 Å². The lowest BCUT2D eigenvalue weighted by molar-refractivity contribution is 0.102. The molecule has 0 spiro atoms. The van der Waals surface area contributed by atoms with E-state index in [1.165, 1.54) is 16.9 Å². The quantitative estimate of drug-likeness (QED) is 0.513. The zero-order valence-corrected chi connectivity index (χ0v) is 20.0. The van der Waals surface area contributed by atoms with E-state index in [4.69, 9.17) is 4.74 Å². The number of nitrogens with zero attached hydrogens (tertiary/aromatic N) is 5. The zero-order valence-electron chi connectivity index (χ0n) is 20.0. The summed E-state index contributed by atoms with van der Waals surface area (Å²) in [5.41, 5.74) is 1.98. The third-order valence-corrected chi connectivity index (χ3v) is 7.18. The van der Waals surface area contributed by atoms with Crippen molar-refractivity contribution in [1.82, 2.24) is 24.4 Å². The molecule has 1 fully saturated rings. The van der Waals surface area contributed by atoms with Gasteiger partial charge in [0.15, 0.2) is 11.3 Å². The molecule has 8 nitrogen and oxygen atoms in total. The summed E-state index contributed by atoms with van der Waals surface area (Å²) in [5, 5.41) is 11.0. The minimum Gasteiger partial charge on any atom is -0.377 e. The molecule has 186 valence electrons. The first-order valence-corrected chi connectivity index (χ1v) is 12.2. The van der Waals surface area contributed by atoms with E-state index in [1.54, 1.807) is 10.9 Å². The summed E-state index contributed by atoms with van der Waals surface area (Å²) in [6, 6.07) is 1.90. The van der Waals surface area contributed by atoms with E-state index in [-0.39, 0.29) is 17.3 Å². The number of hydrogen-bond donors (Lipinski definition) is 1. The maximum absolute atomic E-state index is 13.8. The van der Waals surface area contributed by atoms with Gasteiger partial charge in [-0.25, -0.2) is 18.3 Å². The molecule has 0 aromatic carbocycles. The van der Waals surface area contributed by atoms with Gasteiger partial charge in [0.2, 0.25) is 0 Å². The average Bonchev–Trinajstić information content (AvgIpc) is 3.49. The van der Waals surface area contributed by atoms with Crippen molar-refractivity contribution in [3.8, 4) is 0 Å². The van der Waals surface area contributed by atoms with Crippen molar-refractivity contribution < 1.29 is 18.3 Å². The first-order valence-electron chi connectivity index (χ1n) is 12.2. The summed E-state index contributed by atoms with van der Waals surface area (Å²) < 4.78 is 36.1. The molecule has 10 heteroatoms. The third-order valence-electron chi connectivity index (χ3n) is 7.18. The van der Waals surface area contributed by atoms with Crippen molar-refractivity contribution in [3.63, 3.8) is 0 Å². The second-order valence-corrected chi connectivity index (χ2v) is 9.67. The molecule has 0 radical (unpaired) electrons. The predicted molar refractivity (Wildman–Crippen MR) is 127 cm³/mol. The van der Waals surface area contributed by atoms with Crippen molar-refractivity contribution in [2.45, 2.75) is 58.4 Å². The summed E-state index contributed by atoms with van der Waals surface area (Å²) in [7, 11) is 0. The van der Waals surface area contributed by atoms with Gasteiger partial charge >= 0.3 is 0 Å². The number of amides is 1. The van der Waals surface area contributed by atoms with Crippen LogP contribution in [-0.2, 0) is 4.74 Å². The number of nitrogens with one attached hydrogen (secondary N) is 1. The summed E-state index contributed by atoms with van der Waals surface area (Å²) >= 11 is 0. The molecule has 0 saturated heterocycles. The number of halogens is 2. The number of ether oxygens (including phenoxy) is 1. The Bertz CT molecular complexity index is 1240. The van der Waals surface area contributed by atoms with E-state index >= 15 is 0 Å². The van der Waals surface area contributed by atoms with Crippen LogP contribution in [0, 0.1) is 11.8 Å². The monoisotopic (exact) mass is 484 g/mol. The SMILES string of the molecule is CC(C)[C@H]1CC[C@H](n2cc(NC(=O)c3cnn4ccc(C5=CCOCC5)nc34)c(C(F)F)n2)CC1. The highest BCUT2D eigenvalue weighted by molar-refractivity contribution is 6.08. The number of rotatable bonds is 6. The van der Waals surface area contributed by atoms with Crippen LogP contribution < -0.4 is 5.32 Å². The Kier molecular flexibility index (Phi) is 6.64. The molecule has 3 aromatic heterocycles. The van der Waals surface area contributed by atoms with Gasteiger partial charge in [-0.1, -0.05) is 19.9 Å². The first kappa shape index (κ1) is 23.6. The van der Waals surface area contributed by atoms with Crippen LogP contribution in [0.25, 0.3) is 11.2 Å². The molecule has 0 unspecified atom stereocenters. The molecule has 1 aliphatic heterocycles. The predicted octanol–water partition coefficient (Wildman–Crippen LogP) is 5.31. The van der Waals surface area contributed by atoms with E-state index in [9.17, 15) is 13.6 Å². The molecular weight excluding hydrogens is 454 g/mol. The molecule has 35 heavy (non-hydrogen) atoms. The van der Waals surface area contributed by atoms with E-state index < -0.39 is 18.0 Å². The number of aromatic nitrogens is 5. The lowest BCUT2D eigenvalue weighted by Gasteiger charge is -2.30. The van der Waals surface area contributed by atoms with Gasteiger partial charge in [-0.2, -0.15) is 10.2 Å². The van der Waals surface area contributed by atoms with Crippen molar-refractivity contribution >= 4 is 22.8 Å². The van der Waals surface area contributed by atoms with Gasteiger partial charge in [0.05, 0.1) is 36.8 Å². The van der Waals surface area contributed by atoms with Gasteiger partial charge in [0.1, 0.15) is 5.56 Å². The molecule has 1 aliphatic carbocycles. The summed E-state index contributed by atoms with van der Waals surface area (Å²) in [6.45, 7) is 5.58. The van der Waals surface area contributed by atoms with Gasteiger partial charge in [-0.05, 0) is 55.6 Å². The van der Waals surface area contributed by atoms with E-state index in [0.717, 1.165) is 43.4 Å². The Hall–Kier alpha value is -3.14. The Morgan fingerprint density at radius 2 is 2.03 bits per heavy atom. The van der Waals surface area contributed by atoms with Crippen LogP contribution in [0.5, 0.6) is 0 Å². The number of hydrogen-bond acceptors (Lipinski definition) is 5. The average molecular weight is 485 g/mol. The van der Waals surface area contributed by atoms with Crippen molar-refractivity contribution in [2.24, 2.45) is 11.8 Å². The topological polar surface area (TPSA) is 86.3 Å². The van der Waals surface area contributed by atoms with Crippen LogP contribution in [0.4, 0.5) is 14.5 Å². The third kappa shape index (κ3) is 4.84. The fourth-order valence-corrected chi connectivity index (χ4v) is 5.04. The molecule has 1 amide bonds. The summed E-state index contributed by atoms with van der Waals surface area (Å²) in [6.07, 6.45) is 8.46. The number of carbonyl (C=O) groups excluding carboxylic acids is 1. The Labute approximate surface area is 202 Å². The minimum atomic E-state index is -2.80. The van der Waals surface area contributed by atoms with E-state index in [0.29, 0.717) is 30.7 Å². The summed E-state index contributed by atoms with van der Waals surface area (Å²) in [5.74, 6) is 0.721. The zero-order chi connectivity index (χ0) is 24.5. The van der Waals surface area contributed by atoms with Crippen molar-refractivity contribution in [2.75, 3.05) is 18.5 Å². The second-order valence-electron chi connectivity index (χ2n) is 9.67. The van der Waals surface area contributed by atoms with Crippen LogP contribution in [0.15, 0.2) is 30.7 Å². The minimum absolute atomic E-state index is 0.0265. The highest BCUT2D eigenvalue weighted by Crippen LogP contribution is 2.37. The van der Waals surface area contributed by atoms with E-state index in [2.05, 4.69) is 34.3 Å². The first-order chi connectivity index (χ1) is 16.9. The lowest BCUT2D eigenvalue weighted by Crippen LogP contribution is -2.21. The molecule has 4 heterocycles. The lowest BCUT2D eigenvalue weighted by atomic mass is 9.80. The van der Waals surface area contributed by atoms with E-state index in [1.807, 2.05) is 12.1 Å². The van der Waals surface area contributed by atoms with Crippen LogP contribution in [0.3, 0.4) is 0 Å². The number of carbonyl (C=O) groups is 1. The molecule has 2 aliphatic rings. The number of alkyl halides is 2. The van der Waals surface area contributed by atoms with Crippen LogP contribution in [-0.4, -0.2) is 43.5 Å². The maximum atomic E-state index is 13.8. The van der Waals surface area contributed by atoms with Gasteiger partial charge in [-0.15, -0.1) is 0 Å². The highest BCUT2D eigenvalue weighted by atomic mass is 19.3. The largest absolute Gasteiger partial charge is 0.377 e. The summed E-state index contributed by atoms with van der Waals surface area (Å²) in [4.78, 5) is 17.8. The van der Waals surface area contributed by atoms with Gasteiger partial charge < -0.3 is 10.1 Å². The standard InChI is InChI=1S/C25H30F2N6O2/c1-15(2)16-3-5-18(6-4-16)33-14-21(22(31-33)23(26)27)30-25(34)19-13-28-32-10-7-20(29-24(19)32)17-8-11-35-12-9-17/h7-8,10,13-16,18,23H,3-6,9,11-12H2,1-2H3,(H,30,34)/t16-,18-. The molecular formula is C25H30F2N6O2. The normalized spacial score (nSPS) is 21.0. The fourth-order valence-electron chi connectivity index (χ4n) is 5.04. The fraction of sp³-hybridized carbons (Fsp3) is 0.520. The highest BCUT2D eigenvalue weighted by Gasteiger charge is 2.28. The van der Waals surface area contributed by atoms with Crippen LogP contribution in [0.1, 0.15) is 80.2 Å². The molecule has 0 atom stereocenters. The molecule has 3 aromatic rings. The second kappa shape index (κ2) is 9.85.